The van der Waals surface area contributed by atoms with Crippen LogP contribution >= 0.6 is 23.2 Å². The highest BCUT2D eigenvalue weighted by Gasteiger charge is 2.14. The van der Waals surface area contributed by atoms with Gasteiger partial charge in [0.25, 0.3) is 0 Å². The topological polar surface area (TPSA) is 72.8 Å². The minimum Gasteiger partial charge on any atom is -0.464 e. The van der Waals surface area contributed by atoms with Gasteiger partial charge >= 0.3 is 6.09 Å². The van der Waals surface area contributed by atoms with Gasteiger partial charge in [0.05, 0.1) is 12.6 Å². The molecule has 0 radical (unpaired) electrons. The average molecular weight is 293 g/mol. The molecular weight excluding hydrogens is 279 g/mol. The van der Waals surface area contributed by atoms with Crippen molar-refractivity contribution in [1.29, 1.82) is 0 Å². The summed E-state index contributed by atoms with van der Waals surface area (Å²) in [5.74, 6) is 0. The van der Waals surface area contributed by atoms with Crippen LogP contribution in [0.4, 0.5) is 4.79 Å². The van der Waals surface area contributed by atoms with E-state index in [0.29, 0.717) is 10.0 Å². The van der Waals surface area contributed by atoms with Crippen LogP contribution in [0.1, 0.15) is 12.5 Å². The molecule has 0 fully saturated rings. The number of hydrogen-bond donors (Lipinski definition) is 3. The molecule has 1 unspecified atom stereocenters. The van der Waals surface area contributed by atoms with E-state index in [4.69, 9.17) is 28.3 Å². The second-order valence-electron chi connectivity index (χ2n) is 3.81. The Balaban J connectivity index is 2.64. The minimum absolute atomic E-state index is 0.0272. The Kier molecular flexibility index (Phi) is 5.68. The van der Waals surface area contributed by atoms with Crippen LogP contribution < -0.4 is 5.43 Å². The van der Waals surface area contributed by atoms with E-state index in [1.807, 2.05) is 0 Å². The molecule has 18 heavy (non-hydrogen) atoms. The van der Waals surface area contributed by atoms with E-state index in [1.54, 1.807) is 18.2 Å². The number of benzene rings is 1. The SMILES string of the molecule is CC(O)CN(NCc1ccc(Cl)cc1Cl)C(=O)O. The smallest absolute Gasteiger partial charge is 0.421 e. The third-order valence-electron chi connectivity index (χ3n) is 2.15. The van der Waals surface area contributed by atoms with E-state index < -0.39 is 12.2 Å². The molecule has 1 amide bonds. The number of halogens is 2. The van der Waals surface area contributed by atoms with Gasteiger partial charge in [-0.1, -0.05) is 29.3 Å². The molecule has 0 aliphatic carbocycles. The lowest BCUT2D eigenvalue weighted by molar-refractivity contribution is 0.0781. The van der Waals surface area contributed by atoms with E-state index in [2.05, 4.69) is 5.43 Å². The fourth-order valence-corrected chi connectivity index (χ4v) is 1.80. The summed E-state index contributed by atoms with van der Waals surface area (Å²) < 4.78 is 0. The molecule has 0 bridgehead atoms. The van der Waals surface area contributed by atoms with Gasteiger partial charge < -0.3 is 10.2 Å². The van der Waals surface area contributed by atoms with E-state index >= 15 is 0 Å². The largest absolute Gasteiger partial charge is 0.464 e. The zero-order valence-electron chi connectivity index (χ0n) is 9.73. The first-order chi connectivity index (χ1) is 8.40. The second-order valence-corrected chi connectivity index (χ2v) is 4.66. The summed E-state index contributed by atoms with van der Waals surface area (Å²) in [7, 11) is 0. The van der Waals surface area contributed by atoms with Gasteiger partial charge in [0.15, 0.2) is 0 Å². The van der Waals surface area contributed by atoms with E-state index in [9.17, 15) is 9.90 Å². The van der Waals surface area contributed by atoms with Crippen LogP contribution in [0.2, 0.25) is 10.0 Å². The monoisotopic (exact) mass is 292 g/mol. The Bertz CT molecular complexity index is 427. The Morgan fingerprint density at radius 2 is 2.17 bits per heavy atom. The van der Waals surface area contributed by atoms with Crippen LogP contribution in [0.5, 0.6) is 0 Å². The summed E-state index contributed by atoms with van der Waals surface area (Å²) in [5, 5.41) is 20.0. The summed E-state index contributed by atoms with van der Waals surface area (Å²) in [6.07, 6.45) is -1.92. The highest BCUT2D eigenvalue weighted by Crippen LogP contribution is 2.20. The van der Waals surface area contributed by atoms with Gasteiger partial charge in [-0.15, -0.1) is 0 Å². The standard InChI is InChI=1S/C11H14Cl2N2O3/c1-7(16)6-15(11(17)18)14-5-8-2-3-9(12)4-10(8)13/h2-4,7,14,16H,5-6H2,1H3,(H,17,18). The molecule has 1 atom stereocenters. The van der Waals surface area contributed by atoms with Crippen molar-refractivity contribution in [3.63, 3.8) is 0 Å². The van der Waals surface area contributed by atoms with E-state index in [1.165, 1.54) is 6.92 Å². The van der Waals surface area contributed by atoms with Crippen LogP contribution in [-0.4, -0.2) is 34.0 Å². The maximum Gasteiger partial charge on any atom is 0.421 e. The molecule has 0 heterocycles. The predicted molar refractivity (Wildman–Crippen MR) is 69.7 cm³/mol. The van der Waals surface area contributed by atoms with Gasteiger partial charge in [0.2, 0.25) is 0 Å². The molecular formula is C11H14Cl2N2O3. The Hall–Kier alpha value is -1.01. The van der Waals surface area contributed by atoms with Crippen LogP contribution in [0.25, 0.3) is 0 Å². The van der Waals surface area contributed by atoms with Crippen LogP contribution in [0.15, 0.2) is 18.2 Å². The van der Waals surface area contributed by atoms with Crippen molar-refractivity contribution < 1.29 is 15.0 Å². The van der Waals surface area contributed by atoms with Gasteiger partial charge in [-0.3, -0.25) is 0 Å². The third kappa shape index (κ3) is 4.70. The molecule has 0 aliphatic heterocycles. The lowest BCUT2D eigenvalue weighted by Gasteiger charge is -2.21. The van der Waals surface area contributed by atoms with Crippen LogP contribution in [0.3, 0.4) is 0 Å². The van der Waals surface area contributed by atoms with Crippen molar-refractivity contribution in [2.75, 3.05) is 6.54 Å². The molecule has 0 saturated carbocycles. The molecule has 7 heteroatoms. The molecule has 0 saturated heterocycles. The van der Waals surface area contributed by atoms with Gasteiger partial charge in [-0.25, -0.2) is 15.2 Å². The molecule has 3 N–H and O–H groups in total. The molecule has 100 valence electrons. The number of amides is 1. The average Bonchev–Trinajstić information content (AvgIpc) is 2.25. The predicted octanol–water partition coefficient (Wildman–Crippen LogP) is 2.36. The first-order valence-corrected chi connectivity index (χ1v) is 6.01. The molecule has 1 aromatic carbocycles. The number of nitrogens with one attached hydrogen (secondary N) is 1. The zero-order valence-corrected chi connectivity index (χ0v) is 11.2. The summed E-state index contributed by atoms with van der Waals surface area (Å²) in [4.78, 5) is 10.9. The molecule has 5 nitrogen and oxygen atoms in total. The maximum absolute atomic E-state index is 10.9. The number of carbonyl (C=O) groups is 1. The molecule has 0 aromatic heterocycles. The summed E-state index contributed by atoms with van der Waals surface area (Å²) >= 11 is 11.7. The number of carboxylic acid groups (broad SMARTS) is 1. The van der Waals surface area contributed by atoms with E-state index in [0.717, 1.165) is 10.6 Å². The van der Waals surface area contributed by atoms with Crippen molar-refractivity contribution in [1.82, 2.24) is 10.4 Å². The fourth-order valence-electron chi connectivity index (χ4n) is 1.32. The molecule has 1 aromatic rings. The Labute approximate surface area is 115 Å². The number of aliphatic hydroxyl groups excluding tert-OH is 1. The van der Waals surface area contributed by atoms with Gasteiger partial charge in [0, 0.05) is 16.6 Å². The number of hydrogen-bond acceptors (Lipinski definition) is 3. The maximum atomic E-state index is 10.9. The molecule has 0 aliphatic rings. The minimum atomic E-state index is -1.17. The summed E-state index contributed by atoms with van der Waals surface area (Å²) in [5.41, 5.74) is 3.39. The van der Waals surface area contributed by atoms with Gasteiger partial charge in [0.1, 0.15) is 0 Å². The lowest BCUT2D eigenvalue weighted by atomic mass is 10.2. The zero-order chi connectivity index (χ0) is 13.7. The fraction of sp³-hybridized carbons (Fsp3) is 0.364. The normalized spacial score (nSPS) is 12.2. The number of hydrazine groups is 1. The van der Waals surface area contributed by atoms with Gasteiger partial charge in [-0.05, 0) is 24.6 Å². The van der Waals surface area contributed by atoms with Crippen LogP contribution in [0, 0.1) is 0 Å². The second kappa shape index (κ2) is 6.80. The number of aliphatic hydroxyl groups is 1. The first kappa shape index (κ1) is 15.0. The summed E-state index contributed by atoms with van der Waals surface area (Å²) in [6, 6.07) is 4.96. The lowest BCUT2D eigenvalue weighted by Crippen LogP contribution is -2.45. The van der Waals surface area contributed by atoms with Crippen molar-refractivity contribution in [3.05, 3.63) is 33.8 Å². The van der Waals surface area contributed by atoms with Crippen molar-refractivity contribution in [2.24, 2.45) is 0 Å². The first-order valence-electron chi connectivity index (χ1n) is 5.26. The Morgan fingerprint density at radius 1 is 1.50 bits per heavy atom. The van der Waals surface area contributed by atoms with Crippen molar-refractivity contribution >= 4 is 29.3 Å². The highest BCUT2D eigenvalue weighted by atomic mass is 35.5. The van der Waals surface area contributed by atoms with Crippen molar-refractivity contribution in [2.45, 2.75) is 19.6 Å². The number of rotatable bonds is 5. The quantitative estimate of drug-likeness (QED) is 0.729. The number of nitrogens with zero attached hydrogens (tertiary/aromatic N) is 1. The third-order valence-corrected chi connectivity index (χ3v) is 2.74. The highest BCUT2D eigenvalue weighted by molar-refractivity contribution is 6.35. The van der Waals surface area contributed by atoms with Gasteiger partial charge in [-0.2, -0.15) is 0 Å². The molecule has 1 rings (SSSR count). The molecule has 0 spiro atoms. The van der Waals surface area contributed by atoms with Crippen molar-refractivity contribution in [3.8, 4) is 0 Å². The Morgan fingerprint density at radius 3 is 2.67 bits per heavy atom. The summed E-state index contributed by atoms with van der Waals surface area (Å²) in [6.45, 7) is 1.71. The van der Waals surface area contributed by atoms with E-state index in [-0.39, 0.29) is 13.1 Å². The van der Waals surface area contributed by atoms with Crippen LogP contribution in [-0.2, 0) is 6.54 Å².